The fraction of sp³-hybridized carbons (Fsp3) is 0.500. The molecule has 3 aliphatic heterocycles. The van der Waals surface area contributed by atoms with Gasteiger partial charge in [0, 0.05) is 37.1 Å². The minimum absolute atomic E-state index is 0.00149. The SMILES string of the molecule is C/C=C/C(=O)N1CCCC[C@@H](N2c3c(C)cc(CN4CCCC4)cc3NC2N(N)C(=O)c2ccnc(C)c2)C1. The Labute approximate surface area is 231 Å². The molecular weight excluding hydrogens is 490 g/mol. The van der Waals surface area contributed by atoms with Gasteiger partial charge in [0.15, 0.2) is 6.29 Å². The number of hydrogen-bond acceptors (Lipinski definition) is 7. The summed E-state index contributed by atoms with van der Waals surface area (Å²) in [6.07, 6.45) is 9.84. The predicted molar refractivity (Wildman–Crippen MR) is 154 cm³/mol. The van der Waals surface area contributed by atoms with Crippen molar-refractivity contribution in [3.8, 4) is 0 Å². The lowest BCUT2D eigenvalue weighted by Gasteiger charge is -2.40. The topological polar surface area (TPSA) is 98.0 Å². The zero-order valence-electron chi connectivity index (χ0n) is 23.4. The predicted octanol–water partition coefficient (Wildman–Crippen LogP) is 3.78. The van der Waals surface area contributed by atoms with Crippen molar-refractivity contribution in [2.45, 2.75) is 71.8 Å². The van der Waals surface area contributed by atoms with Gasteiger partial charge in [0.25, 0.3) is 5.91 Å². The molecule has 1 aromatic carbocycles. The molecule has 0 bridgehead atoms. The van der Waals surface area contributed by atoms with Gasteiger partial charge in [0.05, 0.1) is 17.4 Å². The van der Waals surface area contributed by atoms with Crippen molar-refractivity contribution in [1.82, 2.24) is 19.8 Å². The average molecular weight is 532 g/mol. The van der Waals surface area contributed by atoms with E-state index in [1.54, 1.807) is 30.5 Å². The van der Waals surface area contributed by atoms with Gasteiger partial charge >= 0.3 is 0 Å². The van der Waals surface area contributed by atoms with Crippen molar-refractivity contribution in [3.63, 3.8) is 0 Å². The number of nitrogens with zero attached hydrogens (tertiary/aromatic N) is 5. The van der Waals surface area contributed by atoms with E-state index in [9.17, 15) is 9.59 Å². The fourth-order valence-corrected chi connectivity index (χ4v) is 6.25. The number of carbonyl (C=O) groups is 2. The summed E-state index contributed by atoms with van der Waals surface area (Å²) in [5, 5.41) is 4.90. The summed E-state index contributed by atoms with van der Waals surface area (Å²) >= 11 is 0. The van der Waals surface area contributed by atoms with Gasteiger partial charge in [-0.25, -0.2) is 10.9 Å². The Balaban J connectivity index is 1.50. The standard InChI is InChI=1S/C30H41N7O2/c1-4-9-27(38)35-15-6-5-10-25(20-35)36-28-21(2)16-23(19-34-13-7-8-14-34)18-26(28)33-30(36)37(31)29(39)24-11-12-32-22(3)17-24/h4,9,11-12,16-18,25,30,33H,5-8,10,13-15,19-20,31H2,1-3H3/b9-4+/t25-,30?/m1/s1. The molecule has 2 aromatic rings. The average Bonchev–Trinajstić information content (AvgIpc) is 3.49. The summed E-state index contributed by atoms with van der Waals surface area (Å²) in [5.74, 6) is 6.39. The lowest BCUT2D eigenvalue weighted by atomic mass is 10.0. The van der Waals surface area contributed by atoms with Crippen molar-refractivity contribution in [1.29, 1.82) is 0 Å². The maximum atomic E-state index is 13.6. The first kappa shape index (κ1) is 27.1. The van der Waals surface area contributed by atoms with E-state index in [2.05, 4.69) is 39.2 Å². The third-order valence-corrected chi connectivity index (χ3v) is 8.07. The van der Waals surface area contributed by atoms with Crippen molar-refractivity contribution in [3.05, 3.63) is 65.0 Å². The molecule has 0 aliphatic carbocycles. The Hall–Kier alpha value is -3.43. The summed E-state index contributed by atoms with van der Waals surface area (Å²) in [4.78, 5) is 37.4. The summed E-state index contributed by atoms with van der Waals surface area (Å²) in [7, 11) is 0. The number of hydrogen-bond donors (Lipinski definition) is 2. The highest BCUT2D eigenvalue weighted by molar-refractivity contribution is 5.95. The molecule has 1 aromatic heterocycles. The Morgan fingerprint density at radius 3 is 2.64 bits per heavy atom. The van der Waals surface area contributed by atoms with Crippen molar-refractivity contribution in [2.75, 3.05) is 36.4 Å². The molecule has 0 saturated carbocycles. The van der Waals surface area contributed by atoms with Crippen LogP contribution in [-0.4, -0.2) is 70.1 Å². The number of allylic oxidation sites excluding steroid dienone is 1. The molecule has 2 atom stereocenters. The number of carbonyl (C=O) groups excluding carboxylic acids is 2. The van der Waals surface area contributed by atoms with Crippen molar-refractivity contribution >= 4 is 23.2 Å². The summed E-state index contributed by atoms with van der Waals surface area (Å²) in [6, 6.07) is 7.94. The summed E-state index contributed by atoms with van der Waals surface area (Å²) in [6.45, 7) is 10.3. The molecule has 4 heterocycles. The zero-order chi connectivity index (χ0) is 27.5. The quantitative estimate of drug-likeness (QED) is 0.253. The van der Waals surface area contributed by atoms with Crippen LogP contribution in [0.5, 0.6) is 0 Å². The molecule has 2 amide bonds. The highest BCUT2D eigenvalue weighted by Gasteiger charge is 2.41. The van der Waals surface area contributed by atoms with Crippen LogP contribution in [0.3, 0.4) is 0 Å². The highest BCUT2D eigenvalue weighted by Crippen LogP contribution is 2.42. The number of nitrogens with two attached hydrogens (primary N) is 1. The van der Waals surface area contributed by atoms with Crippen LogP contribution in [0.15, 0.2) is 42.6 Å². The largest absolute Gasteiger partial charge is 0.345 e. The van der Waals surface area contributed by atoms with Crippen LogP contribution in [-0.2, 0) is 11.3 Å². The number of amides is 2. The molecule has 5 rings (SSSR count). The third kappa shape index (κ3) is 5.79. The Morgan fingerprint density at radius 1 is 1.13 bits per heavy atom. The number of pyridine rings is 1. The number of rotatable bonds is 6. The van der Waals surface area contributed by atoms with Crippen LogP contribution in [0, 0.1) is 13.8 Å². The lowest BCUT2D eigenvalue weighted by Crippen LogP contribution is -2.60. The van der Waals surface area contributed by atoms with Crippen LogP contribution in [0.25, 0.3) is 0 Å². The third-order valence-electron chi connectivity index (χ3n) is 8.07. The maximum Gasteiger partial charge on any atom is 0.271 e. The van der Waals surface area contributed by atoms with Gasteiger partial charge in [-0.3, -0.25) is 19.5 Å². The number of fused-ring (bicyclic) bond motifs is 1. The number of benzene rings is 1. The Morgan fingerprint density at radius 2 is 1.90 bits per heavy atom. The van der Waals surface area contributed by atoms with Crippen LogP contribution in [0.4, 0.5) is 11.4 Å². The van der Waals surface area contributed by atoms with E-state index in [0.717, 1.165) is 68.1 Å². The minimum atomic E-state index is -0.580. The summed E-state index contributed by atoms with van der Waals surface area (Å²) < 4.78 is 0. The van der Waals surface area contributed by atoms with E-state index in [1.165, 1.54) is 23.4 Å². The van der Waals surface area contributed by atoms with Crippen molar-refractivity contribution in [2.24, 2.45) is 5.84 Å². The number of likely N-dealkylation sites (tertiary alicyclic amines) is 2. The van der Waals surface area contributed by atoms with E-state index in [1.807, 2.05) is 18.7 Å². The molecule has 2 fully saturated rings. The molecule has 3 aliphatic rings. The van der Waals surface area contributed by atoms with E-state index in [4.69, 9.17) is 5.84 Å². The molecule has 9 heteroatoms. The Bertz CT molecular complexity index is 1240. The smallest absolute Gasteiger partial charge is 0.271 e. The van der Waals surface area contributed by atoms with E-state index in [-0.39, 0.29) is 17.9 Å². The molecule has 39 heavy (non-hydrogen) atoms. The van der Waals surface area contributed by atoms with E-state index < -0.39 is 6.29 Å². The second-order valence-electron chi connectivity index (χ2n) is 11.0. The second-order valence-corrected chi connectivity index (χ2v) is 11.0. The molecule has 3 N–H and O–H groups in total. The van der Waals surface area contributed by atoms with Crippen LogP contribution >= 0.6 is 0 Å². The number of hydrazine groups is 1. The van der Waals surface area contributed by atoms with Crippen LogP contribution in [0.1, 0.15) is 66.2 Å². The molecule has 2 saturated heterocycles. The van der Waals surface area contributed by atoms with Gasteiger partial charge in [0.1, 0.15) is 0 Å². The normalized spacial score (nSPS) is 21.6. The first-order valence-electron chi connectivity index (χ1n) is 14.2. The Kier molecular flexibility index (Phi) is 8.18. The number of nitrogens with one attached hydrogen (secondary N) is 1. The van der Waals surface area contributed by atoms with Gasteiger partial charge in [0.2, 0.25) is 5.91 Å². The van der Waals surface area contributed by atoms with Gasteiger partial charge in [-0.1, -0.05) is 12.1 Å². The van der Waals surface area contributed by atoms with E-state index in [0.29, 0.717) is 12.1 Å². The molecule has 1 unspecified atom stereocenters. The molecule has 208 valence electrons. The molecule has 9 nitrogen and oxygen atoms in total. The second kappa shape index (κ2) is 11.8. The van der Waals surface area contributed by atoms with Gasteiger partial charge in [-0.15, -0.1) is 0 Å². The highest BCUT2D eigenvalue weighted by atomic mass is 16.2. The van der Waals surface area contributed by atoms with Crippen LogP contribution in [0.2, 0.25) is 0 Å². The first-order valence-corrected chi connectivity index (χ1v) is 14.2. The van der Waals surface area contributed by atoms with E-state index >= 15 is 0 Å². The first-order chi connectivity index (χ1) is 18.9. The molecule has 0 radical (unpaired) electrons. The van der Waals surface area contributed by atoms with Gasteiger partial charge in [-0.2, -0.15) is 0 Å². The van der Waals surface area contributed by atoms with Crippen molar-refractivity contribution < 1.29 is 9.59 Å². The maximum absolute atomic E-state index is 13.6. The van der Waals surface area contributed by atoms with Gasteiger partial charge in [-0.05, 0) is 101 Å². The fourth-order valence-electron chi connectivity index (χ4n) is 6.25. The lowest BCUT2D eigenvalue weighted by molar-refractivity contribution is -0.126. The number of aromatic nitrogens is 1. The minimum Gasteiger partial charge on any atom is -0.345 e. The summed E-state index contributed by atoms with van der Waals surface area (Å²) in [5.41, 5.74) is 5.71. The van der Waals surface area contributed by atoms with Gasteiger partial charge < -0.3 is 15.1 Å². The molecular formula is C30H41N7O2. The number of aryl methyl sites for hydroxylation is 2. The zero-order valence-corrected chi connectivity index (χ0v) is 23.4. The monoisotopic (exact) mass is 531 g/mol. The molecule has 0 spiro atoms. The van der Waals surface area contributed by atoms with Crippen LogP contribution < -0.4 is 16.1 Å². The number of anilines is 2.